The number of H-pyrrole nitrogens is 1. The van der Waals surface area contributed by atoms with Crippen LogP contribution in [0.15, 0.2) is 50.2 Å². The van der Waals surface area contributed by atoms with Crippen molar-refractivity contribution in [2.75, 3.05) is 0 Å². The number of fused-ring (bicyclic) bond motifs is 2. The molecule has 0 aliphatic heterocycles. The van der Waals surface area contributed by atoms with E-state index < -0.39 is 5.82 Å². The molecule has 0 spiro atoms. The summed E-state index contributed by atoms with van der Waals surface area (Å²) in [5.41, 5.74) is 2.55. The first-order chi connectivity index (χ1) is 13.1. The Balaban J connectivity index is 1.64. The maximum absolute atomic E-state index is 13.9. The van der Waals surface area contributed by atoms with Crippen LogP contribution in [0.2, 0.25) is 0 Å². The molecule has 0 bridgehead atoms. The number of nitrogens with one attached hydrogen (secondary N) is 1. The van der Waals surface area contributed by atoms with E-state index in [1.54, 1.807) is 12.1 Å². The summed E-state index contributed by atoms with van der Waals surface area (Å²) >= 11 is 3.13. The van der Waals surface area contributed by atoms with Gasteiger partial charge in [0.05, 0.1) is 15.2 Å². The van der Waals surface area contributed by atoms with Gasteiger partial charge in [-0.2, -0.15) is 0 Å². The van der Waals surface area contributed by atoms with Gasteiger partial charge in [0.2, 0.25) is 5.43 Å². The molecule has 2 heterocycles. The van der Waals surface area contributed by atoms with Crippen LogP contribution < -0.4 is 5.43 Å². The van der Waals surface area contributed by atoms with Crippen LogP contribution in [0.25, 0.3) is 33.3 Å². The summed E-state index contributed by atoms with van der Waals surface area (Å²) in [4.78, 5) is 20.8. The zero-order valence-electron chi connectivity index (χ0n) is 14.4. The average Bonchev–Trinajstić information content (AvgIpc) is 3.35. The molecule has 2 aromatic heterocycles. The predicted molar refractivity (Wildman–Crippen MR) is 106 cm³/mol. The lowest BCUT2D eigenvalue weighted by molar-refractivity contribution is 0.617. The van der Waals surface area contributed by atoms with Crippen molar-refractivity contribution in [3.8, 4) is 11.4 Å². The second kappa shape index (κ2) is 6.30. The van der Waals surface area contributed by atoms with Gasteiger partial charge < -0.3 is 9.40 Å². The van der Waals surface area contributed by atoms with Crippen molar-refractivity contribution in [3.05, 3.63) is 62.7 Å². The highest BCUT2D eigenvalue weighted by Crippen LogP contribution is 2.34. The molecular weight excluding hydrogens is 411 g/mol. The number of halogens is 2. The van der Waals surface area contributed by atoms with Crippen molar-refractivity contribution in [1.82, 2.24) is 9.97 Å². The van der Waals surface area contributed by atoms with E-state index in [1.807, 2.05) is 12.3 Å². The van der Waals surface area contributed by atoms with Crippen LogP contribution in [0.5, 0.6) is 0 Å². The van der Waals surface area contributed by atoms with E-state index in [-0.39, 0.29) is 15.3 Å². The van der Waals surface area contributed by atoms with Crippen molar-refractivity contribution >= 4 is 37.9 Å². The maximum atomic E-state index is 13.9. The Labute approximate surface area is 162 Å². The molecule has 0 saturated heterocycles. The van der Waals surface area contributed by atoms with Crippen LogP contribution in [0, 0.1) is 5.82 Å². The lowest BCUT2D eigenvalue weighted by Crippen LogP contribution is -2.03. The molecule has 0 amide bonds. The molecule has 6 heteroatoms. The molecule has 4 nitrogen and oxygen atoms in total. The molecule has 1 aliphatic carbocycles. The van der Waals surface area contributed by atoms with Gasteiger partial charge in [-0.1, -0.05) is 12.8 Å². The molecule has 27 heavy (non-hydrogen) atoms. The van der Waals surface area contributed by atoms with Crippen LogP contribution >= 0.6 is 15.9 Å². The Morgan fingerprint density at radius 3 is 2.70 bits per heavy atom. The second-order valence-corrected chi connectivity index (χ2v) is 7.93. The summed E-state index contributed by atoms with van der Waals surface area (Å²) in [5, 5.41) is 0.645. The van der Waals surface area contributed by atoms with Crippen LogP contribution in [0.3, 0.4) is 0 Å². The minimum atomic E-state index is -0.488. The smallest absolute Gasteiger partial charge is 0.200 e. The highest BCUT2D eigenvalue weighted by molar-refractivity contribution is 9.10. The molecule has 0 atom stereocenters. The lowest BCUT2D eigenvalue weighted by atomic mass is 10.1. The van der Waals surface area contributed by atoms with E-state index in [4.69, 9.17) is 4.42 Å². The minimum absolute atomic E-state index is 0.228. The zero-order valence-corrected chi connectivity index (χ0v) is 16.0. The highest BCUT2D eigenvalue weighted by atomic mass is 79.9. The van der Waals surface area contributed by atoms with Gasteiger partial charge in [0, 0.05) is 23.4 Å². The third kappa shape index (κ3) is 2.79. The van der Waals surface area contributed by atoms with Crippen LogP contribution in [0.1, 0.15) is 37.3 Å². The number of benzene rings is 2. The normalized spacial score (nSPS) is 15.2. The fourth-order valence-electron chi connectivity index (χ4n) is 3.92. The van der Waals surface area contributed by atoms with Crippen molar-refractivity contribution in [3.63, 3.8) is 0 Å². The molecule has 0 unspecified atom stereocenters. The minimum Gasteiger partial charge on any atom is -0.456 e. The summed E-state index contributed by atoms with van der Waals surface area (Å²) in [7, 11) is 0. The predicted octanol–water partition coefficient (Wildman–Crippen LogP) is 5.90. The summed E-state index contributed by atoms with van der Waals surface area (Å²) in [6.07, 6.45) is 6.79. The maximum Gasteiger partial charge on any atom is 0.200 e. The first-order valence-electron chi connectivity index (χ1n) is 9.01. The fourth-order valence-corrected chi connectivity index (χ4v) is 4.25. The Kier molecular flexibility index (Phi) is 3.90. The third-order valence-electron chi connectivity index (χ3n) is 5.38. The fraction of sp³-hybridized carbons (Fsp3) is 0.238. The summed E-state index contributed by atoms with van der Waals surface area (Å²) in [6.45, 7) is 0. The number of aromatic nitrogens is 2. The number of rotatable bonds is 2. The van der Waals surface area contributed by atoms with E-state index in [0.29, 0.717) is 22.5 Å². The van der Waals surface area contributed by atoms with Crippen molar-refractivity contribution in [2.24, 2.45) is 0 Å². The zero-order chi connectivity index (χ0) is 18.5. The third-order valence-corrected chi connectivity index (χ3v) is 5.98. The van der Waals surface area contributed by atoms with Gasteiger partial charge >= 0.3 is 0 Å². The van der Waals surface area contributed by atoms with E-state index in [0.717, 1.165) is 17.1 Å². The Morgan fingerprint density at radius 2 is 1.89 bits per heavy atom. The molecule has 1 fully saturated rings. The van der Waals surface area contributed by atoms with Crippen molar-refractivity contribution in [2.45, 2.75) is 31.6 Å². The van der Waals surface area contributed by atoms with Gasteiger partial charge in [-0.15, -0.1) is 0 Å². The number of hydrogen-bond acceptors (Lipinski definition) is 3. The molecule has 5 rings (SSSR count). The van der Waals surface area contributed by atoms with E-state index >= 15 is 0 Å². The molecule has 4 aromatic rings. The number of aromatic amines is 1. The van der Waals surface area contributed by atoms with E-state index in [9.17, 15) is 9.18 Å². The summed E-state index contributed by atoms with van der Waals surface area (Å²) in [5.74, 6) is 0.792. The van der Waals surface area contributed by atoms with E-state index in [2.05, 4.69) is 25.9 Å². The standard InChI is InChI=1S/C21H16BrFN2O2/c22-15-9-19-14(8-16(15)23)20(26)13-7-12(5-6-18(13)27-19)21-24-10-17(25-21)11-3-1-2-4-11/h5-11H,1-4H2,(H,24,25). The molecule has 1 aliphatic rings. The number of nitrogens with zero attached hydrogens (tertiary/aromatic N) is 1. The number of imidazole rings is 1. The van der Waals surface area contributed by atoms with Gasteiger partial charge in [-0.05, 0) is 59.1 Å². The lowest BCUT2D eigenvalue weighted by Gasteiger charge is -2.06. The van der Waals surface area contributed by atoms with Gasteiger partial charge in [-0.3, -0.25) is 4.79 Å². The first-order valence-corrected chi connectivity index (χ1v) is 9.80. The quantitative estimate of drug-likeness (QED) is 0.406. The first kappa shape index (κ1) is 16.7. The SMILES string of the molecule is O=c1c2cc(-c3ncc(C4CCCC4)[nH]3)ccc2oc2cc(Br)c(F)cc12. The monoisotopic (exact) mass is 426 g/mol. The Hall–Kier alpha value is -2.47. The van der Waals surface area contributed by atoms with Crippen LogP contribution in [0.4, 0.5) is 4.39 Å². The van der Waals surface area contributed by atoms with Gasteiger partial charge in [-0.25, -0.2) is 9.37 Å². The van der Waals surface area contributed by atoms with Gasteiger partial charge in [0.25, 0.3) is 0 Å². The Bertz CT molecular complexity index is 1240. The summed E-state index contributed by atoms with van der Waals surface area (Å²) in [6, 6.07) is 8.10. The molecule has 2 aromatic carbocycles. The Morgan fingerprint density at radius 1 is 1.11 bits per heavy atom. The number of hydrogen-bond donors (Lipinski definition) is 1. The van der Waals surface area contributed by atoms with Crippen molar-refractivity contribution in [1.29, 1.82) is 0 Å². The van der Waals surface area contributed by atoms with E-state index in [1.165, 1.54) is 37.8 Å². The average molecular weight is 427 g/mol. The van der Waals surface area contributed by atoms with Gasteiger partial charge in [0.1, 0.15) is 22.8 Å². The molecule has 1 N–H and O–H groups in total. The molecule has 0 radical (unpaired) electrons. The molecule has 1 saturated carbocycles. The van der Waals surface area contributed by atoms with Gasteiger partial charge in [0.15, 0.2) is 0 Å². The molecule has 136 valence electrons. The molecular formula is C21H16BrFN2O2. The largest absolute Gasteiger partial charge is 0.456 e. The van der Waals surface area contributed by atoms with Crippen LogP contribution in [-0.2, 0) is 0 Å². The van der Waals surface area contributed by atoms with Crippen LogP contribution in [-0.4, -0.2) is 9.97 Å². The highest BCUT2D eigenvalue weighted by Gasteiger charge is 2.19. The topological polar surface area (TPSA) is 58.9 Å². The second-order valence-electron chi connectivity index (χ2n) is 7.07. The van der Waals surface area contributed by atoms with Crippen molar-refractivity contribution < 1.29 is 8.81 Å². The summed E-state index contributed by atoms with van der Waals surface area (Å²) < 4.78 is 20.0.